The van der Waals surface area contributed by atoms with E-state index in [1.54, 1.807) is 0 Å². The van der Waals surface area contributed by atoms with Gasteiger partial charge in [-0.25, -0.2) is 0 Å². The van der Waals surface area contributed by atoms with Gasteiger partial charge in [0.15, 0.2) is 5.79 Å². The van der Waals surface area contributed by atoms with Gasteiger partial charge in [-0.05, 0) is 54.1 Å². The van der Waals surface area contributed by atoms with Gasteiger partial charge < -0.3 is 14.6 Å². The minimum atomic E-state index is -0.626. The van der Waals surface area contributed by atoms with Crippen LogP contribution in [0.15, 0.2) is 24.3 Å². The van der Waals surface area contributed by atoms with E-state index >= 15 is 0 Å². The Balaban J connectivity index is 2.08. The molecule has 88 valence electrons. The fraction of sp³-hybridized carbons (Fsp3) is 0.500. The van der Waals surface area contributed by atoms with E-state index in [4.69, 9.17) is 9.47 Å². The first kappa shape index (κ1) is 12.3. The Hall–Kier alpha value is -0.170. The average Bonchev–Trinajstić information content (AvgIpc) is 2.59. The van der Waals surface area contributed by atoms with E-state index in [1.165, 1.54) is 0 Å². The van der Waals surface area contributed by atoms with Gasteiger partial charge in [-0.2, -0.15) is 0 Å². The van der Waals surface area contributed by atoms with Crippen molar-refractivity contribution in [1.82, 2.24) is 0 Å². The summed E-state index contributed by atoms with van der Waals surface area (Å²) in [5.74, 6) is -0.588. The molecule has 0 radical (unpaired) electrons. The van der Waals surface area contributed by atoms with Crippen LogP contribution in [0.1, 0.15) is 25.5 Å². The maximum Gasteiger partial charge on any atom is 0.163 e. The minimum Gasteiger partial charge on any atom is -0.386 e. The first-order valence-corrected chi connectivity index (χ1v) is 6.31. The fourth-order valence-electron chi connectivity index (χ4n) is 1.75. The van der Waals surface area contributed by atoms with Gasteiger partial charge >= 0.3 is 0 Å². The fourth-order valence-corrected chi connectivity index (χ4v) is 2.11. The second-order valence-electron chi connectivity index (χ2n) is 4.36. The molecule has 0 spiro atoms. The summed E-state index contributed by atoms with van der Waals surface area (Å²) in [6.07, 6.45) is -0.908. The van der Waals surface area contributed by atoms with E-state index in [9.17, 15) is 5.11 Å². The molecule has 4 heteroatoms. The van der Waals surface area contributed by atoms with Gasteiger partial charge in [0.05, 0.1) is 6.61 Å². The maximum absolute atomic E-state index is 10.1. The smallest absolute Gasteiger partial charge is 0.163 e. The summed E-state index contributed by atoms with van der Waals surface area (Å²) >= 11 is 2.24. The van der Waals surface area contributed by atoms with Crippen molar-refractivity contribution >= 4 is 22.6 Å². The van der Waals surface area contributed by atoms with Gasteiger partial charge in [0.25, 0.3) is 0 Å². The summed E-state index contributed by atoms with van der Waals surface area (Å²) < 4.78 is 12.2. The molecule has 0 bridgehead atoms. The summed E-state index contributed by atoms with van der Waals surface area (Å²) in [7, 11) is 0. The summed E-state index contributed by atoms with van der Waals surface area (Å²) in [5, 5.41) is 10.1. The van der Waals surface area contributed by atoms with Gasteiger partial charge in [-0.3, -0.25) is 0 Å². The number of aliphatic hydroxyl groups excluding tert-OH is 1. The van der Waals surface area contributed by atoms with E-state index in [0.717, 1.165) is 9.13 Å². The van der Waals surface area contributed by atoms with Crippen LogP contribution in [-0.2, 0) is 9.47 Å². The zero-order valence-electron chi connectivity index (χ0n) is 9.31. The largest absolute Gasteiger partial charge is 0.386 e. The average molecular weight is 334 g/mol. The Kier molecular flexibility index (Phi) is 3.53. The Morgan fingerprint density at radius 2 is 2.00 bits per heavy atom. The molecule has 1 heterocycles. The first-order valence-electron chi connectivity index (χ1n) is 5.23. The molecule has 1 saturated heterocycles. The summed E-state index contributed by atoms with van der Waals surface area (Å²) in [5.41, 5.74) is 0.867. The highest BCUT2D eigenvalue weighted by atomic mass is 127. The number of benzene rings is 1. The predicted octanol–water partition coefficient (Wildman–Crippen LogP) is 2.48. The SMILES string of the molecule is CC1(C)OCC(C(O)c2ccc(I)cc2)O1. The molecule has 1 aliphatic rings. The molecule has 2 unspecified atom stereocenters. The number of rotatable bonds is 2. The van der Waals surface area contributed by atoms with Crippen molar-refractivity contribution < 1.29 is 14.6 Å². The third-order valence-corrected chi connectivity index (χ3v) is 3.31. The maximum atomic E-state index is 10.1. The number of hydrogen-bond acceptors (Lipinski definition) is 3. The van der Waals surface area contributed by atoms with Crippen LogP contribution in [0.5, 0.6) is 0 Å². The lowest BCUT2D eigenvalue weighted by molar-refractivity contribution is -0.151. The number of ether oxygens (including phenoxy) is 2. The number of aliphatic hydroxyl groups is 1. The van der Waals surface area contributed by atoms with Gasteiger partial charge in [-0.1, -0.05) is 12.1 Å². The molecule has 16 heavy (non-hydrogen) atoms. The molecule has 0 aliphatic carbocycles. The van der Waals surface area contributed by atoms with Crippen molar-refractivity contribution in [3.05, 3.63) is 33.4 Å². The van der Waals surface area contributed by atoms with Crippen molar-refractivity contribution in [3.63, 3.8) is 0 Å². The Morgan fingerprint density at radius 3 is 2.50 bits per heavy atom. The van der Waals surface area contributed by atoms with E-state index in [-0.39, 0.29) is 6.10 Å². The molecule has 2 atom stereocenters. The highest BCUT2D eigenvalue weighted by Crippen LogP contribution is 2.30. The van der Waals surface area contributed by atoms with Crippen LogP contribution in [0.3, 0.4) is 0 Å². The van der Waals surface area contributed by atoms with Crippen molar-refractivity contribution in [3.8, 4) is 0 Å². The van der Waals surface area contributed by atoms with Crippen molar-refractivity contribution in [2.45, 2.75) is 31.8 Å². The minimum absolute atomic E-state index is 0.282. The van der Waals surface area contributed by atoms with Crippen LogP contribution in [0.2, 0.25) is 0 Å². The van der Waals surface area contributed by atoms with E-state index < -0.39 is 11.9 Å². The topological polar surface area (TPSA) is 38.7 Å². The second kappa shape index (κ2) is 4.60. The van der Waals surface area contributed by atoms with Gasteiger partial charge in [0.1, 0.15) is 12.2 Å². The van der Waals surface area contributed by atoms with Crippen molar-refractivity contribution in [2.24, 2.45) is 0 Å². The molecular formula is C12H15IO3. The van der Waals surface area contributed by atoms with Crippen LogP contribution >= 0.6 is 22.6 Å². The molecule has 1 fully saturated rings. The Bertz CT molecular complexity index is 361. The van der Waals surface area contributed by atoms with Crippen LogP contribution in [0, 0.1) is 3.57 Å². The quantitative estimate of drug-likeness (QED) is 0.845. The standard InChI is InChI=1S/C12H15IO3/c1-12(2)15-7-10(16-12)11(14)8-3-5-9(13)6-4-8/h3-6,10-11,14H,7H2,1-2H3. The lowest BCUT2D eigenvalue weighted by Gasteiger charge is -2.20. The van der Waals surface area contributed by atoms with Crippen molar-refractivity contribution in [1.29, 1.82) is 0 Å². The number of hydrogen-bond donors (Lipinski definition) is 1. The summed E-state index contributed by atoms with van der Waals surface area (Å²) in [4.78, 5) is 0. The molecule has 0 aromatic heterocycles. The van der Waals surface area contributed by atoms with Gasteiger partial charge in [0.2, 0.25) is 0 Å². The van der Waals surface area contributed by atoms with Crippen LogP contribution in [-0.4, -0.2) is 23.6 Å². The summed E-state index contributed by atoms with van der Waals surface area (Å²) in [6, 6.07) is 7.78. The molecule has 0 saturated carbocycles. The van der Waals surface area contributed by atoms with E-state index in [1.807, 2.05) is 38.1 Å². The van der Waals surface area contributed by atoms with Gasteiger partial charge in [-0.15, -0.1) is 0 Å². The molecule has 2 rings (SSSR count). The summed E-state index contributed by atoms with van der Waals surface area (Å²) in [6.45, 7) is 4.14. The third-order valence-electron chi connectivity index (χ3n) is 2.59. The molecule has 1 aliphatic heterocycles. The van der Waals surface area contributed by atoms with Crippen LogP contribution in [0.4, 0.5) is 0 Å². The zero-order chi connectivity index (χ0) is 11.8. The number of halogens is 1. The zero-order valence-corrected chi connectivity index (χ0v) is 11.5. The van der Waals surface area contributed by atoms with E-state index in [2.05, 4.69) is 22.6 Å². The predicted molar refractivity (Wildman–Crippen MR) is 69.0 cm³/mol. The Labute approximate surface area is 109 Å². The van der Waals surface area contributed by atoms with E-state index in [0.29, 0.717) is 6.61 Å². The van der Waals surface area contributed by atoms with Crippen molar-refractivity contribution in [2.75, 3.05) is 6.61 Å². The molecule has 1 aromatic rings. The highest BCUT2D eigenvalue weighted by molar-refractivity contribution is 14.1. The van der Waals surface area contributed by atoms with Crippen LogP contribution < -0.4 is 0 Å². The normalized spacial score (nSPS) is 25.6. The van der Waals surface area contributed by atoms with Crippen LogP contribution in [0.25, 0.3) is 0 Å². The monoisotopic (exact) mass is 334 g/mol. The first-order chi connectivity index (χ1) is 7.48. The lowest BCUT2D eigenvalue weighted by Crippen LogP contribution is -2.25. The third kappa shape index (κ3) is 2.74. The molecule has 0 amide bonds. The second-order valence-corrected chi connectivity index (χ2v) is 5.61. The molecule has 1 aromatic carbocycles. The Morgan fingerprint density at radius 1 is 1.38 bits per heavy atom. The molecule has 3 nitrogen and oxygen atoms in total. The van der Waals surface area contributed by atoms with Gasteiger partial charge in [0, 0.05) is 3.57 Å². The molecular weight excluding hydrogens is 319 g/mol. The molecule has 1 N–H and O–H groups in total. The highest BCUT2D eigenvalue weighted by Gasteiger charge is 2.37. The lowest BCUT2D eigenvalue weighted by atomic mass is 10.1.